The lowest BCUT2D eigenvalue weighted by atomic mass is 10.2. The zero-order chi connectivity index (χ0) is 12.4. The fraction of sp³-hybridized carbons (Fsp3) is 0.714. The zero-order valence-electron chi connectivity index (χ0n) is 11.0. The summed E-state index contributed by atoms with van der Waals surface area (Å²) in [5.74, 6) is 2.70. The third-order valence-corrected chi connectivity index (χ3v) is 3.76. The van der Waals surface area contributed by atoms with Crippen molar-refractivity contribution >= 4 is 5.82 Å². The molecule has 0 N–H and O–H groups in total. The third-order valence-electron chi connectivity index (χ3n) is 3.76. The molecule has 2 heterocycles. The minimum Gasteiger partial charge on any atom is -0.376 e. The first kappa shape index (κ1) is 11.9. The van der Waals surface area contributed by atoms with Gasteiger partial charge in [0.05, 0.1) is 6.10 Å². The summed E-state index contributed by atoms with van der Waals surface area (Å²) in [6, 6.07) is 2.02. The Labute approximate surface area is 108 Å². The van der Waals surface area contributed by atoms with Gasteiger partial charge in [0, 0.05) is 31.8 Å². The first-order valence-corrected chi connectivity index (χ1v) is 7.06. The van der Waals surface area contributed by atoms with Gasteiger partial charge in [0.15, 0.2) is 0 Å². The number of rotatable bonds is 5. The van der Waals surface area contributed by atoms with E-state index in [2.05, 4.69) is 16.8 Å². The Kier molecular flexibility index (Phi) is 3.46. The lowest BCUT2D eigenvalue weighted by Crippen LogP contribution is -2.32. The van der Waals surface area contributed by atoms with Crippen molar-refractivity contribution in [3.63, 3.8) is 0 Å². The smallest absolute Gasteiger partial charge is 0.133 e. The second-order valence-electron chi connectivity index (χ2n) is 5.22. The molecule has 18 heavy (non-hydrogen) atoms. The lowest BCUT2D eigenvalue weighted by molar-refractivity contribution is 0.115. The number of hydrogen-bond donors (Lipinski definition) is 0. The normalized spacial score (nSPS) is 23.3. The number of likely N-dealkylation sites (N-methyl/N-ethyl adjacent to an activating group) is 1. The van der Waals surface area contributed by atoms with Crippen molar-refractivity contribution in [2.75, 3.05) is 24.6 Å². The number of anilines is 1. The molecule has 1 aromatic heterocycles. The van der Waals surface area contributed by atoms with Gasteiger partial charge in [0.1, 0.15) is 11.6 Å². The Morgan fingerprint density at radius 1 is 1.39 bits per heavy atom. The quantitative estimate of drug-likeness (QED) is 0.800. The topological polar surface area (TPSA) is 38.2 Å². The van der Waals surface area contributed by atoms with Crippen molar-refractivity contribution in [1.29, 1.82) is 0 Å². The maximum atomic E-state index is 5.71. The van der Waals surface area contributed by atoms with Gasteiger partial charge in [-0.3, -0.25) is 0 Å². The molecule has 1 unspecified atom stereocenters. The Morgan fingerprint density at radius 2 is 2.28 bits per heavy atom. The summed E-state index contributed by atoms with van der Waals surface area (Å²) in [6.45, 7) is 5.02. The highest BCUT2D eigenvalue weighted by molar-refractivity contribution is 5.38. The van der Waals surface area contributed by atoms with Crippen LogP contribution in [-0.4, -0.2) is 35.8 Å². The summed E-state index contributed by atoms with van der Waals surface area (Å²) in [5.41, 5.74) is 0. The third kappa shape index (κ3) is 2.64. The molecule has 1 saturated heterocycles. The van der Waals surface area contributed by atoms with Gasteiger partial charge in [-0.2, -0.15) is 0 Å². The van der Waals surface area contributed by atoms with Crippen molar-refractivity contribution in [1.82, 2.24) is 9.97 Å². The first-order valence-electron chi connectivity index (χ1n) is 7.06. The minimum atomic E-state index is 0.379. The van der Waals surface area contributed by atoms with Gasteiger partial charge in [-0.15, -0.1) is 0 Å². The van der Waals surface area contributed by atoms with Crippen LogP contribution in [0, 0.1) is 0 Å². The molecular weight excluding hydrogens is 226 g/mol. The molecule has 1 aromatic rings. The molecule has 0 aromatic carbocycles. The minimum absolute atomic E-state index is 0.379. The molecule has 2 aliphatic rings. The van der Waals surface area contributed by atoms with Crippen molar-refractivity contribution < 1.29 is 4.74 Å². The summed E-state index contributed by atoms with van der Waals surface area (Å²) in [4.78, 5) is 11.4. The Hall–Kier alpha value is -1.16. The van der Waals surface area contributed by atoms with Crippen molar-refractivity contribution in [2.24, 2.45) is 0 Å². The van der Waals surface area contributed by atoms with Gasteiger partial charge >= 0.3 is 0 Å². The molecule has 4 heteroatoms. The number of hydrogen-bond acceptors (Lipinski definition) is 4. The van der Waals surface area contributed by atoms with Crippen LogP contribution in [0.3, 0.4) is 0 Å². The number of nitrogens with zero attached hydrogens (tertiary/aromatic N) is 3. The summed E-state index contributed by atoms with van der Waals surface area (Å²) in [7, 11) is 0. The average molecular weight is 247 g/mol. The fourth-order valence-corrected chi connectivity index (χ4v) is 2.50. The highest BCUT2D eigenvalue weighted by Gasteiger charge is 2.27. The molecule has 1 aliphatic heterocycles. The van der Waals surface area contributed by atoms with Gasteiger partial charge < -0.3 is 9.64 Å². The van der Waals surface area contributed by atoms with E-state index in [-0.39, 0.29) is 0 Å². The predicted molar refractivity (Wildman–Crippen MR) is 70.9 cm³/mol. The summed E-state index contributed by atoms with van der Waals surface area (Å²) < 4.78 is 5.71. The number of aromatic nitrogens is 2. The Morgan fingerprint density at radius 3 is 2.94 bits per heavy atom. The van der Waals surface area contributed by atoms with Gasteiger partial charge in [-0.1, -0.05) is 0 Å². The van der Waals surface area contributed by atoms with Crippen molar-refractivity contribution in [3.8, 4) is 0 Å². The summed E-state index contributed by atoms with van der Waals surface area (Å²) >= 11 is 0. The lowest BCUT2D eigenvalue weighted by Gasteiger charge is -2.25. The zero-order valence-corrected chi connectivity index (χ0v) is 11.0. The van der Waals surface area contributed by atoms with Crippen LogP contribution in [0.1, 0.15) is 44.3 Å². The van der Waals surface area contributed by atoms with Gasteiger partial charge in [-0.25, -0.2) is 9.97 Å². The van der Waals surface area contributed by atoms with Crippen LogP contribution in [0.5, 0.6) is 0 Å². The van der Waals surface area contributed by atoms with E-state index in [1.807, 2.05) is 12.3 Å². The predicted octanol–water partition coefficient (Wildman–Crippen LogP) is 2.36. The largest absolute Gasteiger partial charge is 0.376 e. The second-order valence-corrected chi connectivity index (χ2v) is 5.22. The average Bonchev–Trinajstić information content (AvgIpc) is 3.14. The van der Waals surface area contributed by atoms with E-state index < -0.39 is 0 Å². The van der Waals surface area contributed by atoms with E-state index in [9.17, 15) is 0 Å². The molecule has 0 bridgehead atoms. The maximum absolute atomic E-state index is 5.71. The van der Waals surface area contributed by atoms with Crippen molar-refractivity contribution in [2.45, 2.75) is 44.6 Å². The van der Waals surface area contributed by atoms with Crippen LogP contribution in [0.2, 0.25) is 0 Å². The van der Waals surface area contributed by atoms with E-state index in [4.69, 9.17) is 9.72 Å². The summed E-state index contributed by atoms with van der Waals surface area (Å²) in [6.07, 6.45) is 7.15. The van der Waals surface area contributed by atoms with E-state index >= 15 is 0 Å². The molecule has 98 valence electrons. The summed E-state index contributed by atoms with van der Waals surface area (Å²) in [5, 5.41) is 0. The van der Waals surface area contributed by atoms with Gasteiger partial charge in [-0.05, 0) is 38.7 Å². The van der Waals surface area contributed by atoms with E-state index in [0.29, 0.717) is 12.0 Å². The molecule has 0 amide bonds. The van der Waals surface area contributed by atoms with Gasteiger partial charge in [0.25, 0.3) is 0 Å². The highest BCUT2D eigenvalue weighted by Crippen LogP contribution is 2.38. The molecular formula is C14H21N3O. The highest BCUT2D eigenvalue weighted by atomic mass is 16.5. The van der Waals surface area contributed by atoms with Gasteiger partial charge in [0.2, 0.25) is 0 Å². The number of ether oxygens (including phenoxy) is 1. The Bertz CT molecular complexity index is 400. The van der Waals surface area contributed by atoms with E-state index in [1.165, 1.54) is 25.7 Å². The van der Waals surface area contributed by atoms with Crippen LogP contribution in [0.25, 0.3) is 0 Å². The molecule has 0 spiro atoms. The van der Waals surface area contributed by atoms with E-state index in [1.54, 1.807) is 0 Å². The van der Waals surface area contributed by atoms with E-state index in [0.717, 1.165) is 31.3 Å². The van der Waals surface area contributed by atoms with Crippen molar-refractivity contribution in [3.05, 3.63) is 18.1 Å². The second kappa shape index (κ2) is 5.22. The molecule has 3 rings (SSSR count). The van der Waals surface area contributed by atoms with Crippen LogP contribution >= 0.6 is 0 Å². The molecule has 4 nitrogen and oxygen atoms in total. The monoisotopic (exact) mass is 247 g/mol. The molecule has 1 saturated carbocycles. The molecule has 1 atom stereocenters. The SMILES string of the molecule is CCN(CC1CCCO1)c1ccnc(C2CC2)n1. The van der Waals surface area contributed by atoms with Crippen LogP contribution in [-0.2, 0) is 4.74 Å². The molecule has 1 aliphatic carbocycles. The molecule has 2 fully saturated rings. The van der Waals surface area contributed by atoms with Crippen LogP contribution in [0.15, 0.2) is 12.3 Å². The molecule has 0 radical (unpaired) electrons. The first-order chi connectivity index (χ1) is 8.86. The van der Waals surface area contributed by atoms with Crippen LogP contribution in [0.4, 0.5) is 5.82 Å². The fourth-order valence-electron chi connectivity index (χ4n) is 2.50. The standard InChI is InChI=1S/C14H21N3O/c1-2-17(10-12-4-3-9-18-12)13-7-8-15-14(16-13)11-5-6-11/h7-8,11-12H,2-6,9-10H2,1H3. The Balaban J connectivity index is 1.71. The maximum Gasteiger partial charge on any atom is 0.133 e. The van der Waals surface area contributed by atoms with Crippen LogP contribution < -0.4 is 4.90 Å².